The average Bonchev–Trinajstić information content (AvgIpc) is 2.45. The maximum atomic E-state index is 2.44. The molecule has 3 aliphatic rings. The van der Waals surface area contributed by atoms with Crippen molar-refractivity contribution in [3.8, 4) is 0 Å². The first-order chi connectivity index (χ1) is 8.89. The van der Waals surface area contributed by atoms with Crippen LogP contribution in [0.3, 0.4) is 0 Å². The minimum absolute atomic E-state index is 0.153. The van der Waals surface area contributed by atoms with Crippen molar-refractivity contribution in [2.24, 2.45) is 10.8 Å². The molecule has 98 valence electrons. The minimum atomic E-state index is 0.153. The summed E-state index contributed by atoms with van der Waals surface area (Å²) in [4.78, 5) is 0. The summed E-state index contributed by atoms with van der Waals surface area (Å²) in [7, 11) is 0. The molecule has 19 heavy (non-hydrogen) atoms. The number of allylic oxidation sites excluding steroid dienone is 12. The Morgan fingerprint density at radius 1 is 0.947 bits per heavy atom. The van der Waals surface area contributed by atoms with Crippen LogP contribution in [0.2, 0.25) is 0 Å². The third-order valence-corrected chi connectivity index (χ3v) is 4.33. The van der Waals surface area contributed by atoms with Crippen molar-refractivity contribution in [2.75, 3.05) is 0 Å². The Kier molecular flexibility index (Phi) is 2.60. The fourth-order valence-corrected chi connectivity index (χ4v) is 3.25. The molecule has 0 radical (unpaired) electrons. The standard InChI is InChI=1S/C19H22/c1-18(2)10-7-9-15-14(13-18)12-17-16(15)8-5-6-11-19(17,3)4/h5-11,13H,12H2,1-4H3. The summed E-state index contributed by atoms with van der Waals surface area (Å²) in [5.41, 5.74) is 6.21. The van der Waals surface area contributed by atoms with Crippen LogP contribution in [-0.4, -0.2) is 0 Å². The monoisotopic (exact) mass is 250 g/mol. The first kappa shape index (κ1) is 12.5. The highest BCUT2D eigenvalue weighted by Crippen LogP contribution is 2.48. The smallest absolute Gasteiger partial charge is 0.00499 e. The molecule has 0 N–H and O–H groups in total. The van der Waals surface area contributed by atoms with Crippen LogP contribution in [0.4, 0.5) is 0 Å². The molecule has 0 saturated carbocycles. The van der Waals surface area contributed by atoms with Gasteiger partial charge in [-0.05, 0) is 28.7 Å². The van der Waals surface area contributed by atoms with Gasteiger partial charge in [0.15, 0.2) is 0 Å². The molecule has 0 aromatic carbocycles. The van der Waals surface area contributed by atoms with Crippen molar-refractivity contribution in [2.45, 2.75) is 34.1 Å². The molecule has 0 bridgehead atoms. The molecule has 0 aliphatic heterocycles. The third kappa shape index (κ3) is 2.10. The molecular weight excluding hydrogens is 228 g/mol. The van der Waals surface area contributed by atoms with E-state index in [4.69, 9.17) is 0 Å². The van der Waals surface area contributed by atoms with E-state index in [0.717, 1.165) is 6.42 Å². The molecule has 0 nitrogen and oxygen atoms in total. The molecule has 0 aromatic heterocycles. The van der Waals surface area contributed by atoms with Gasteiger partial charge in [-0.2, -0.15) is 0 Å². The zero-order chi connectivity index (χ0) is 13.7. The molecular formula is C19H22. The predicted octanol–water partition coefficient (Wildman–Crippen LogP) is 5.29. The summed E-state index contributed by atoms with van der Waals surface area (Å²) in [6.07, 6.45) is 19.3. The molecule has 0 atom stereocenters. The summed E-state index contributed by atoms with van der Waals surface area (Å²) in [5.74, 6) is 0. The summed E-state index contributed by atoms with van der Waals surface area (Å²) in [5, 5.41) is 0. The maximum Gasteiger partial charge on any atom is 0.00499 e. The van der Waals surface area contributed by atoms with E-state index >= 15 is 0 Å². The highest BCUT2D eigenvalue weighted by atomic mass is 14.4. The van der Waals surface area contributed by atoms with Gasteiger partial charge >= 0.3 is 0 Å². The zero-order valence-corrected chi connectivity index (χ0v) is 12.3. The van der Waals surface area contributed by atoms with E-state index in [1.54, 1.807) is 5.57 Å². The van der Waals surface area contributed by atoms with Crippen LogP contribution < -0.4 is 0 Å². The molecule has 0 saturated heterocycles. The Hall–Kier alpha value is -1.56. The Balaban J connectivity index is 2.15. The minimum Gasteiger partial charge on any atom is -0.0751 e. The van der Waals surface area contributed by atoms with Gasteiger partial charge in [-0.25, -0.2) is 0 Å². The lowest BCUT2D eigenvalue weighted by atomic mass is 9.81. The van der Waals surface area contributed by atoms with E-state index in [1.165, 1.54) is 16.7 Å². The van der Waals surface area contributed by atoms with E-state index in [-0.39, 0.29) is 10.8 Å². The van der Waals surface area contributed by atoms with Gasteiger partial charge in [0.25, 0.3) is 0 Å². The zero-order valence-electron chi connectivity index (χ0n) is 12.3. The summed E-state index contributed by atoms with van der Waals surface area (Å²) in [6, 6.07) is 0. The molecule has 0 spiro atoms. The fourth-order valence-electron chi connectivity index (χ4n) is 3.25. The largest absolute Gasteiger partial charge is 0.0751 e. The SMILES string of the molecule is CC1(C)C=CC=C2C(=C1)CC1=C2C=CC=CC1(C)C. The van der Waals surface area contributed by atoms with E-state index in [9.17, 15) is 0 Å². The average molecular weight is 250 g/mol. The topological polar surface area (TPSA) is 0 Å². The highest BCUT2D eigenvalue weighted by molar-refractivity contribution is 5.65. The van der Waals surface area contributed by atoms with E-state index in [0.29, 0.717) is 0 Å². The van der Waals surface area contributed by atoms with Crippen LogP contribution >= 0.6 is 0 Å². The van der Waals surface area contributed by atoms with E-state index in [1.807, 2.05) is 0 Å². The second-order valence-electron chi connectivity index (χ2n) is 6.94. The fraction of sp³-hybridized carbons (Fsp3) is 0.368. The molecule has 3 aliphatic carbocycles. The molecule has 3 rings (SSSR count). The van der Waals surface area contributed by atoms with Gasteiger partial charge in [0.05, 0.1) is 0 Å². The number of hydrogen-bond donors (Lipinski definition) is 0. The Bertz CT molecular complexity index is 596. The molecule has 0 amide bonds. The van der Waals surface area contributed by atoms with Crippen molar-refractivity contribution in [1.82, 2.24) is 0 Å². The number of rotatable bonds is 0. The van der Waals surface area contributed by atoms with Gasteiger partial charge in [-0.1, -0.05) is 76.3 Å². The summed E-state index contributed by atoms with van der Waals surface area (Å²) >= 11 is 0. The normalized spacial score (nSPS) is 26.3. The number of fused-ring (bicyclic) bond motifs is 2. The van der Waals surface area contributed by atoms with Gasteiger partial charge < -0.3 is 0 Å². The Morgan fingerprint density at radius 3 is 2.53 bits per heavy atom. The summed E-state index contributed by atoms with van der Waals surface area (Å²) < 4.78 is 0. The number of hydrogen-bond acceptors (Lipinski definition) is 0. The van der Waals surface area contributed by atoms with Crippen LogP contribution in [0.5, 0.6) is 0 Å². The third-order valence-electron chi connectivity index (χ3n) is 4.33. The molecule has 0 heterocycles. The van der Waals surface area contributed by atoms with E-state index in [2.05, 4.69) is 76.3 Å². The lowest BCUT2D eigenvalue weighted by Crippen LogP contribution is -2.11. The summed E-state index contributed by atoms with van der Waals surface area (Å²) in [6.45, 7) is 9.19. The van der Waals surface area contributed by atoms with Crippen molar-refractivity contribution in [1.29, 1.82) is 0 Å². The van der Waals surface area contributed by atoms with Crippen LogP contribution in [-0.2, 0) is 0 Å². The molecule has 0 heteroatoms. The molecule has 0 fully saturated rings. The van der Waals surface area contributed by atoms with Gasteiger partial charge in [0, 0.05) is 10.8 Å². The Morgan fingerprint density at radius 2 is 1.74 bits per heavy atom. The Labute approximate surface area is 116 Å². The molecule has 0 aromatic rings. The maximum absolute atomic E-state index is 2.44. The first-order valence-electron chi connectivity index (χ1n) is 7.11. The lowest BCUT2D eigenvalue weighted by molar-refractivity contribution is 0.565. The second kappa shape index (κ2) is 3.96. The second-order valence-corrected chi connectivity index (χ2v) is 6.94. The van der Waals surface area contributed by atoms with E-state index < -0.39 is 0 Å². The quantitative estimate of drug-likeness (QED) is 0.548. The van der Waals surface area contributed by atoms with Crippen LogP contribution in [0, 0.1) is 10.8 Å². The van der Waals surface area contributed by atoms with Crippen molar-refractivity contribution in [3.63, 3.8) is 0 Å². The highest BCUT2D eigenvalue weighted by Gasteiger charge is 2.33. The van der Waals surface area contributed by atoms with Crippen molar-refractivity contribution < 1.29 is 0 Å². The van der Waals surface area contributed by atoms with Crippen molar-refractivity contribution in [3.05, 3.63) is 70.9 Å². The van der Waals surface area contributed by atoms with Gasteiger partial charge in [0.1, 0.15) is 0 Å². The van der Waals surface area contributed by atoms with Crippen molar-refractivity contribution >= 4 is 0 Å². The van der Waals surface area contributed by atoms with Gasteiger partial charge in [0.2, 0.25) is 0 Å². The first-order valence-corrected chi connectivity index (χ1v) is 7.11. The molecule has 0 unspecified atom stereocenters. The van der Waals surface area contributed by atoms with Crippen LogP contribution in [0.15, 0.2) is 70.9 Å². The lowest BCUT2D eigenvalue weighted by Gasteiger charge is -2.23. The van der Waals surface area contributed by atoms with Crippen LogP contribution in [0.1, 0.15) is 34.1 Å². The van der Waals surface area contributed by atoms with Crippen LogP contribution in [0.25, 0.3) is 0 Å². The predicted molar refractivity (Wildman–Crippen MR) is 82.8 cm³/mol. The van der Waals surface area contributed by atoms with Gasteiger partial charge in [-0.15, -0.1) is 0 Å². The van der Waals surface area contributed by atoms with Gasteiger partial charge in [-0.3, -0.25) is 0 Å².